The van der Waals surface area contributed by atoms with Crippen molar-refractivity contribution < 1.29 is 17.9 Å². The van der Waals surface area contributed by atoms with Crippen LogP contribution in [-0.2, 0) is 21.3 Å². The van der Waals surface area contributed by atoms with Gasteiger partial charge in [0.2, 0.25) is 10.0 Å². The summed E-state index contributed by atoms with van der Waals surface area (Å²) in [7, 11) is -3.51. The quantitative estimate of drug-likeness (QED) is 0.650. The molecule has 0 unspecified atom stereocenters. The van der Waals surface area contributed by atoms with Crippen LogP contribution in [-0.4, -0.2) is 49.5 Å². The average molecular weight is 432 g/mol. The van der Waals surface area contributed by atoms with Crippen molar-refractivity contribution in [3.05, 3.63) is 70.7 Å². The molecule has 9 heteroatoms. The second-order valence-corrected chi connectivity index (χ2v) is 9.42. The molecule has 152 valence electrons. The zero-order chi connectivity index (χ0) is 20.3. The van der Waals surface area contributed by atoms with Gasteiger partial charge in [0, 0.05) is 32.0 Å². The molecule has 0 saturated carbocycles. The van der Waals surface area contributed by atoms with Crippen LogP contribution in [0.1, 0.15) is 15.2 Å². The number of carbonyl (C=O) groups is 1. The van der Waals surface area contributed by atoms with Crippen molar-refractivity contribution in [3.63, 3.8) is 0 Å². The standard InChI is InChI=1S/C20H21N3O4S2/c24-20(19-18(7-14-28-19)22-8-1-2-9-22)21-15-16-3-5-17(6-4-16)29(25,26)23-10-12-27-13-11-23/h1-9,14H,10-13,15H2,(H,21,24). The highest BCUT2D eigenvalue weighted by Crippen LogP contribution is 2.22. The Hall–Kier alpha value is -2.46. The largest absolute Gasteiger partial charge is 0.379 e. The van der Waals surface area contributed by atoms with Crippen LogP contribution in [0.25, 0.3) is 5.69 Å². The van der Waals surface area contributed by atoms with Crippen LogP contribution in [0.2, 0.25) is 0 Å². The summed E-state index contributed by atoms with van der Waals surface area (Å²) in [4.78, 5) is 13.5. The van der Waals surface area contributed by atoms with E-state index in [0.29, 0.717) is 37.7 Å². The van der Waals surface area contributed by atoms with Crippen LogP contribution < -0.4 is 5.32 Å². The van der Waals surface area contributed by atoms with E-state index in [0.717, 1.165) is 11.3 Å². The van der Waals surface area contributed by atoms with Crippen molar-refractivity contribution >= 4 is 27.3 Å². The minimum absolute atomic E-state index is 0.159. The maximum atomic E-state index is 12.7. The molecule has 1 fully saturated rings. The third kappa shape index (κ3) is 4.27. The van der Waals surface area contributed by atoms with Crippen molar-refractivity contribution in [1.82, 2.24) is 14.2 Å². The van der Waals surface area contributed by atoms with E-state index in [4.69, 9.17) is 4.74 Å². The molecule has 2 aromatic heterocycles. The zero-order valence-electron chi connectivity index (χ0n) is 15.7. The molecule has 0 spiro atoms. The van der Waals surface area contributed by atoms with Crippen molar-refractivity contribution in [2.45, 2.75) is 11.4 Å². The van der Waals surface area contributed by atoms with Gasteiger partial charge in [0.25, 0.3) is 5.91 Å². The molecule has 3 aromatic rings. The Balaban J connectivity index is 1.41. The van der Waals surface area contributed by atoms with E-state index in [9.17, 15) is 13.2 Å². The smallest absolute Gasteiger partial charge is 0.263 e. The molecule has 1 saturated heterocycles. The van der Waals surface area contributed by atoms with Gasteiger partial charge in [-0.1, -0.05) is 12.1 Å². The Labute approximate surface area is 173 Å². The first kappa shape index (κ1) is 19.8. The van der Waals surface area contributed by atoms with Crippen molar-refractivity contribution in [2.24, 2.45) is 0 Å². The van der Waals surface area contributed by atoms with Crippen molar-refractivity contribution in [1.29, 1.82) is 0 Å². The van der Waals surface area contributed by atoms with Crippen LogP contribution in [0, 0.1) is 0 Å². The normalized spacial score (nSPS) is 15.3. The first-order chi connectivity index (χ1) is 14.1. The number of sulfonamides is 1. The van der Waals surface area contributed by atoms with Crippen LogP contribution in [0.15, 0.2) is 65.1 Å². The topological polar surface area (TPSA) is 80.6 Å². The third-order valence-electron chi connectivity index (χ3n) is 4.72. The summed E-state index contributed by atoms with van der Waals surface area (Å²) in [5.41, 5.74) is 1.67. The predicted molar refractivity (Wildman–Crippen MR) is 111 cm³/mol. The number of aromatic nitrogens is 1. The van der Waals surface area contributed by atoms with E-state index in [2.05, 4.69) is 5.32 Å². The maximum Gasteiger partial charge on any atom is 0.263 e. The second kappa shape index (κ2) is 8.50. The molecule has 1 N–H and O–H groups in total. The molecular weight excluding hydrogens is 410 g/mol. The van der Waals surface area contributed by atoms with Gasteiger partial charge in [-0.05, 0) is 41.3 Å². The summed E-state index contributed by atoms with van der Waals surface area (Å²) in [5, 5.41) is 4.79. The number of thiophene rings is 1. The first-order valence-electron chi connectivity index (χ1n) is 9.21. The van der Waals surface area contributed by atoms with Gasteiger partial charge in [0.05, 0.1) is 23.8 Å². The molecule has 0 bridgehead atoms. The van der Waals surface area contributed by atoms with Crippen LogP contribution in [0.5, 0.6) is 0 Å². The van der Waals surface area contributed by atoms with Gasteiger partial charge in [-0.2, -0.15) is 4.31 Å². The predicted octanol–water partition coefficient (Wildman–Crippen LogP) is 2.49. The number of hydrogen-bond donors (Lipinski definition) is 1. The molecular formula is C20H21N3O4S2. The fraction of sp³-hybridized carbons (Fsp3) is 0.250. The summed E-state index contributed by atoms with van der Waals surface area (Å²) in [6, 6.07) is 12.4. The van der Waals surface area contributed by atoms with Crippen LogP contribution in [0.3, 0.4) is 0 Å². The molecule has 0 radical (unpaired) electrons. The van der Waals surface area contributed by atoms with Gasteiger partial charge in [-0.3, -0.25) is 4.79 Å². The maximum absolute atomic E-state index is 12.7. The molecule has 4 rings (SSSR count). The zero-order valence-corrected chi connectivity index (χ0v) is 17.3. The SMILES string of the molecule is O=C(NCc1ccc(S(=O)(=O)N2CCOCC2)cc1)c1sccc1-n1cccc1. The van der Waals surface area contributed by atoms with E-state index in [1.54, 1.807) is 24.3 Å². The van der Waals surface area contributed by atoms with Gasteiger partial charge >= 0.3 is 0 Å². The van der Waals surface area contributed by atoms with Crippen molar-refractivity contribution in [3.8, 4) is 5.69 Å². The lowest BCUT2D eigenvalue weighted by Crippen LogP contribution is -2.40. The number of nitrogens with one attached hydrogen (secondary N) is 1. The summed E-state index contributed by atoms with van der Waals surface area (Å²) in [6.45, 7) is 1.88. The van der Waals surface area contributed by atoms with Gasteiger partial charge in [-0.15, -0.1) is 11.3 Å². The number of benzene rings is 1. The highest BCUT2D eigenvalue weighted by molar-refractivity contribution is 7.89. The van der Waals surface area contributed by atoms with E-state index >= 15 is 0 Å². The fourth-order valence-corrected chi connectivity index (χ4v) is 5.36. The van der Waals surface area contributed by atoms with Gasteiger partial charge in [0.1, 0.15) is 4.88 Å². The second-order valence-electron chi connectivity index (χ2n) is 6.57. The first-order valence-corrected chi connectivity index (χ1v) is 11.5. The van der Waals surface area contributed by atoms with E-state index in [-0.39, 0.29) is 10.8 Å². The van der Waals surface area contributed by atoms with Gasteiger partial charge in [-0.25, -0.2) is 8.42 Å². The highest BCUT2D eigenvalue weighted by atomic mass is 32.2. The number of ether oxygens (including phenoxy) is 1. The molecule has 29 heavy (non-hydrogen) atoms. The molecule has 0 aliphatic carbocycles. The monoisotopic (exact) mass is 431 g/mol. The van der Waals surface area contributed by atoms with Gasteiger partial charge in [0.15, 0.2) is 0 Å². The molecule has 7 nitrogen and oxygen atoms in total. The molecule has 0 atom stereocenters. The van der Waals surface area contributed by atoms with E-state index in [1.807, 2.05) is 40.5 Å². The molecule has 3 heterocycles. The number of hydrogen-bond acceptors (Lipinski definition) is 5. The lowest BCUT2D eigenvalue weighted by atomic mass is 10.2. The Kier molecular flexibility index (Phi) is 5.81. The van der Waals surface area contributed by atoms with Crippen LogP contribution >= 0.6 is 11.3 Å². The average Bonchev–Trinajstić information content (AvgIpc) is 3.44. The number of carbonyl (C=O) groups excluding carboxylic acids is 1. The third-order valence-corrected chi connectivity index (χ3v) is 7.53. The number of amides is 1. The summed E-state index contributed by atoms with van der Waals surface area (Å²) in [5.74, 6) is -0.159. The minimum atomic E-state index is -3.51. The molecule has 1 aliphatic heterocycles. The Bertz CT molecular complexity index is 1070. The minimum Gasteiger partial charge on any atom is -0.379 e. The van der Waals surface area contributed by atoms with E-state index < -0.39 is 10.0 Å². The molecule has 1 aliphatic rings. The number of nitrogens with zero attached hydrogens (tertiary/aromatic N) is 2. The van der Waals surface area contributed by atoms with Crippen LogP contribution in [0.4, 0.5) is 0 Å². The molecule has 1 aromatic carbocycles. The highest BCUT2D eigenvalue weighted by Gasteiger charge is 2.26. The lowest BCUT2D eigenvalue weighted by molar-refractivity contribution is 0.0730. The Morgan fingerprint density at radius 1 is 1.07 bits per heavy atom. The fourth-order valence-electron chi connectivity index (χ4n) is 3.15. The number of rotatable bonds is 6. The lowest BCUT2D eigenvalue weighted by Gasteiger charge is -2.26. The Morgan fingerprint density at radius 3 is 2.45 bits per heavy atom. The molecule has 1 amide bonds. The van der Waals surface area contributed by atoms with E-state index in [1.165, 1.54) is 15.6 Å². The summed E-state index contributed by atoms with van der Waals surface area (Å²) >= 11 is 1.38. The van der Waals surface area contributed by atoms with Crippen molar-refractivity contribution in [2.75, 3.05) is 26.3 Å². The summed E-state index contributed by atoms with van der Waals surface area (Å²) < 4.78 is 33.9. The Morgan fingerprint density at radius 2 is 1.76 bits per heavy atom. The summed E-state index contributed by atoms with van der Waals surface area (Å²) in [6.07, 6.45) is 3.79. The number of morpholine rings is 1. The van der Waals surface area contributed by atoms with Gasteiger partial charge < -0.3 is 14.6 Å².